The Labute approximate surface area is 134 Å². The molecule has 2 heterocycles. The molecule has 0 atom stereocenters. The van der Waals surface area contributed by atoms with E-state index in [1.54, 1.807) is 0 Å². The fourth-order valence-electron chi connectivity index (χ4n) is 3.11. The van der Waals surface area contributed by atoms with Gasteiger partial charge in [-0.15, -0.1) is 0 Å². The summed E-state index contributed by atoms with van der Waals surface area (Å²) < 4.78 is 1.99. The zero-order valence-corrected chi connectivity index (χ0v) is 14.5. The number of aromatic nitrogens is 2. The van der Waals surface area contributed by atoms with Gasteiger partial charge in [0.15, 0.2) is 0 Å². The number of amides is 1. The summed E-state index contributed by atoms with van der Waals surface area (Å²) in [4.78, 5) is 16.7. The highest BCUT2D eigenvalue weighted by molar-refractivity contribution is 5.81. The summed E-state index contributed by atoms with van der Waals surface area (Å²) in [6.07, 6.45) is 6.20. The van der Waals surface area contributed by atoms with E-state index in [0.29, 0.717) is 5.92 Å². The second-order valence-electron chi connectivity index (χ2n) is 7.49. The van der Waals surface area contributed by atoms with Crippen LogP contribution >= 0.6 is 0 Å². The highest BCUT2D eigenvalue weighted by Crippen LogP contribution is 2.21. The molecule has 0 spiro atoms. The lowest BCUT2D eigenvalue weighted by molar-refractivity contribution is -0.138. The van der Waals surface area contributed by atoms with Crippen molar-refractivity contribution in [3.8, 4) is 0 Å². The van der Waals surface area contributed by atoms with Gasteiger partial charge in [0.05, 0.1) is 6.54 Å². The van der Waals surface area contributed by atoms with Gasteiger partial charge in [0, 0.05) is 37.9 Å². The Morgan fingerprint density at radius 3 is 2.50 bits per heavy atom. The minimum absolute atomic E-state index is 0.244. The first kappa shape index (κ1) is 17.0. The molecule has 22 heavy (non-hydrogen) atoms. The van der Waals surface area contributed by atoms with Gasteiger partial charge in [-0.2, -0.15) is 5.10 Å². The minimum atomic E-state index is -0.279. The molecule has 1 aliphatic heterocycles. The predicted octanol–water partition coefficient (Wildman–Crippen LogP) is 2.10. The zero-order chi connectivity index (χ0) is 16.2. The maximum atomic E-state index is 12.2. The third-order valence-electron chi connectivity index (χ3n) is 4.43. The Bertz CT molecular complexity index is 456. The Morgan fingerprint density at radius 1 is 1.27 bits per heavy atom. The van der Waals surface area contributed by atoms with Crippen LogP contribution in [0.5, 0.6) is 0 Å². The molecule has 0 unspecified atom stereocenters. The van der Waals surface area contributed by atoms with E-state index in [1.807, 2.05) is 55.9 Å². The first-order valence-electron chi connectivity index (χ1n) is 8.31. The van der Waals surface area contributed by atoms with Crippen molar-refractivity contribution in [1.29, 1.82) is 0 Å². The maximum Gasteiger partial charge on any atom is 0.227 e. The molecule has 0 saturated carbocycles. The number of piperidine rings is 1. The van der Waals surface area contributed by atoms with Crippen molar-refractivity contribution in [2.24, 2.45) is 11.3 Å². The summed E-state index contributed by atoms with van der Waals surface area (Å²) in [5.74, 6) is 0.880. The van der Waals surface area contributed by atoms with Gasteiger partial charge in [0.1, 0.15) is 0 Å². The Kier molecular flexibility index (Phi) is 5.62. The molecule has 0 aliphatic carbocycles. The Hall–Kier alpha value is -1.36. The number of rotatable bonds is 5. The maximum absolute atomic E-state index is 12.2. The second kappa shape index (κ2) is 7.27. The Morgan fingerprint density at radius 2 is 1.95 bits per heavy atom. The van der Waals surface area contributed by atoms with Crippen LogP contribution in [-0.2, 0) is 11.3 Å². The minimum Gasteiger partial charge on any atom is -0.345 e. The Balaban J connectivity index is 1.69. The molecular weight excluding hydrogens is 276 g/mol. The van der Waals surface area contributed by atoms with Gasteiger partial charge >= 0.3 is 0 Å². The van der Waals surface area contributed by atoms with Gasteiger partial charge in [0.25, 0.3) is 0 Å². The molecule has 1 aromatic rings. The van der Waals surface area contributed by atoms with Crippen LogP contribution in [-0.4, -0.2) is 58.7 Å². The van der Waals surface area contributed by atoms with Gasteiger partial charge in [-0.1, -0.05) is 20.8 Å². The molecule has 1 aromatic heterocycles. The van der Waals surface area contributed by atoms with Crippen molar-refractivity contribution in [3.63, 3.8) is 0 Å². The van der Waals surface area contributed by atoms with Crippen molar-refractivity contribution < 1.29 is 4.79 Å². The number of carbonyl (C=O) groups excluding carboxylic acids is 1. The van der Waals surface area contributed by atoms with E-state index in [9.17, 15) is 4.79 Å². The first-order chi connectivity index (χ1) is 10.4. The summed E-state index contributed by atoms with van der Waals surface area (Å²) >= 11 is 0. The fraction of sp³-hybridized carbons (Fsp3) is 0.765. The van der Waals surface area contributed by atoms with E-state index in [4.69, 9.17) is 0 Å². The van der Waals surface area contributed by atoms with Crippen LogP contribution in [0.25, 0.3) is 0 Å². The number of likely N-dealkylation sites (tertiary alicyclic amines) is 1. The zero-order valence-electron chi connectivity index (χ0n) is 14.5. The molecule has 5 nitrogen and oxygen atoms in total. The quantitative estimate of drug-likeness (QED) is 0.836. The van der Waals surface area contributed by atoms with Crippen LogP contribution in [0.15, 0.2) is 18.5 Å². The van der Waals surface area contributed by atoms with Crippen molar-refractivity contribution in [1.82, 2.24) is 19.6 Å². The number of hydrogen-bond acceptors (Lipinski definition) is 3. The normalized spacial score (nSPS) is 17.6. The summed E-state index contributed by atoms with van der Waals surface area (Å²) in [6, 6.07) is 1.97. The van der Waals surface area contributed by atoms with Gasteiger partial charge in [-0.3, -0.25) is 9.48 Å². The molecule has 1 fully saturated rings. The number of hydrogen-bond donors (Lipinski definition) is 0. The largest absolute Gasteiger partial charge is 0.345 e. The van der Waals surface area contributed by atoms with Gasteiger partial charge in [-0.05, 0) is 37.9 Å². The van der Waals surface area contributed by atoms with E-state index >= 15 is 0 Å². The molecule has 0 bridgehead atoms. The van der Waals surface area contributed by atoms with Crippen molar-refractivity contribution in [3.05, 3.63) is 18.5 Å². The van der Waals surface area contributed by atoms with Gasteiger partial charge < -0.3 is 9.80 Å². The lowest BCUT2D eigenvalue weighted by Gasteiger charge is -2.35. The van der Waals surface area contributed by atoms with Gasteiger partial charge in [0.2, 0.25) is 5.91 Å². The highest BCUT2D eigenvalue weighted by atomic mass is 16.2. The predicted molar refractivity (Wildman–Crippen MR) is 88.5 cm³/mol. The molecule has 2 rings (SSSR count). The monoisotopic (exact) mass is 306 g/mol. The summed E-state index contributed by atoms with van der Waals surface area (Å²) in [5, 5.41) is 4.24. The van der Waals surface area contributed by atoms with Gasteiger partial charge in [-0.25, -0.2) is 0 Å². The summed E-state index contributed by atoms with van der Waals surface area (Å²) in [6.45, 7) is 11.1. The average Bonchev–Trinajstić information content (AvgIpc) is 2.98. The van der Waals surface area contributed by atoms with E-state index in [0.717, 1.165) is 32.7 Å². The third kappa shape index (κ3) is 4.83. The summed E-state index contributed by atoms with van der Waals surface area (Å²) in [5.41, 5.74) is -0.279. The smallest absolute Gasteiger partial charge is 0.227 e. The molecule has 0 N–H and O–H groups in total. The fourth-order valence-corrected chi connectivity index (χ4v) is 3.11. The van der Waals surface area contributed by atoms with E-state index < -0.39 is 0 Å². The lowest BCUT2D eigenvalue weighted by atomic mass is 9.92. The third-order valence-corrected chi connectivity index (χ3v) is 4.43. The van der Waals surface area contributed by atoms with E-state index in [2.05, 4.69) is 10.00 Å². The van der Waals surface area contributed by atoms with Crippen molar-refractivity contribution >= 4 is 5.91 Å². The standard InChI is InChI=1S/C17H30N4O/c1-17(2,3)16(22)19(4)14-15-6-10-20(11-7-15)12-13-21-9-5-8-18-21/h5,8-9,15H,6-7,10-14H2,1-4H3. The molecule has 5 heteroatoms. The molecular formula is C17H30N4O. The number of nitrogens with zero attached hydrogens (tertiary/aromatic N) is 4. The van der Waals surface area contributed by atoms with Crippen LogP contribution < -0.4 is 0 Å². The molecule has 0 aromatic carbocycles. The van der Waals surface area contributed by atoms with Crippen LogP contribution in [0.2, 0.25) is 0 Å². The molecule has 1 saturated heterocycles. The molecule has 1 aliphatic rings. The average molecular weight is 306 g/mol. The van der Waals surface area contributed by atoms with Crippen LogP contribution in [0.1, 0.15) is 33.6 Å². The van der Waals surface area contributed by atoms with E-state index in [-0.39, 0.29) is 11.3 Å². The molecule has 0 radical (unpaired) electrons. The highest BCUT2D eigenvalue weighted by Gasteiger charge is 2.27. The molecule has 1 amide bonds. The van der Waals surface area contributed by atoms with Crippen LogP contribution in [0, 0.1) is 11.3 Å². The van der Waals surface area contributed by atoms with Crippen LogP contribution in [0.3, 0.4) is 0 Å². The van der Waals surface area contributed by atoms with E-state index in [1.165, 1.54) is 12.8 Å². The molecule has 124 valence electrons. The van der Waals surface area contributed by atoms with Crippen LogP contribution in [0.4, 0.5) is 0 Å². The lowest BCUT2D eigenvalue weighted by Crippen LogP contribution is -2.43. The summed E-state index contributed by atoms with van der Waals surface area (Å²) in [7, 11) is 1.94. The second-order valence-corrected chi connectivity index (χ2v) is 7.49. The van der Waals surface area contributed by atoms with Crippen molar-refractivity contribution in [2.45, 2.75) is 40.2 Å². The topological polar surface area (TPSA) is 41.4 Å². The van der Waals surface area contributed by atoms with Crippen molar-refractivity contribution in [2.75, 3.05) is 33.2 Å². The SMILES string of the molecule is CN(CC1CCN(CCn2cccn2)CC1)C(=O)C(C)(C)C. The number of carbonyl (C=O) groups is 1. The first-order valence-corrected chi connectivity index (χ1v) is 8.31.